The molecule has 2 rings (SSSR count). The van der Waals surface area contributed by atoms with Gasteiger partial charge < -0.3 is 15.3 Å². The van der Waals surface area contributed by atoms with Crippen LogP contribution >= 0.6 is 0 Å². The van der Waals surface area contributed by atoms with E-state index in [0.717, 1.165) is 25.4 Å². The lowest BCUT2D eigenvalue weighted by atomic mass is 9.86. The molecule has 0 bridgehead atoms. The molecule has 1 aliphatic rings. The van der Waals surface area contributed by atoms with Crippen molar-refractivity contribution in [3.63, 3.8) is 0 Å². The van der Waals surface area contributed by atoms with Gasteiger partial charge in [0.1, 0.15) is 0 Å². The highest BCUT2D eigenvalue weighted by Gasteiger charge is 2.31. The molecule has 1 aliphatic heterocycles. The summed E-state index contributed by atoms with van der Waals surface area (Å²) in [5, 5.41) is 13.6. The van der Waals surface area contributed by atoms with Crippen molar-refractivity contribution in [2.75, 3.05) is 32.8 Å². The Hall–Kier alpha value is -0.900. The van der Waals surface area contributed by atoms with E-state index in [4.69, 9.17) is 0 Å². The SMILES string of the molecule is CCNC(CO)(CCN1CCCC(C)C1)c1ccccc1. The first-order chi connectivity index (χ1) is 10.2. The zero-order valence-corrected chi connectivity index (χ0v) is 13.5. The number of likely N-dealkylation sites (N-methyl/N-ethyl adjacent to an activating group) is 1. The molecule has 0 radical (unpaired) electrons. The van der Waals surface area contributed by atoms with E-state index in [1.54, 1.807) is 0 Å². The minimum absolute atomic E-state index is 0.147. The second-order valence-corrected chi connectivity index (χ2v) is 6.43. The van der Waals surface area contributed by atoms with Gasteiger partial charge in [0.2, 0.25) is 0 Å². The highest BCUT2D eigenvalue weighted by molar-refractivity contribution is 5.24. The first-order valence-electron chi connectivity index (χ1n) is 8.34. The second-order valence-electron chi connectivity index (χ2n) is 6.43. The Labute approximate surface area is 129 Å². The predicted molar refractivity (Wildman–Crippen MR) is 88.3 cm³/mol. The smallest absolute Gasteiger partial charge is 0.0681 e. The number of likely N-dealkylation sites (tertiary alicyclic amines) is 1. The molecule has 0 saturated carbocycles. The molecule has 3 nitrogen and oxygen atoms in total. The number of hydrogen-bond donors (Lipinski definition) is 2. The molecule has 21 heavy (non-hydrogen) atoms. The van der Waals surface area contributed by atoms with Gasteiger partial charge in [0.25, 0.3) is 0 Å². The Balaban J connectivity index is 2.05. The summed E-state index contributed by atoms with van der Waals surface area (Å²) in [4.78, 5) is 2.55. The fourth-order valence-corrected chi connectivity index (χ4v) is 3.50. The van der Waals surface area contributed by atoms with Gasteiger partial charge in [0.15, 0.2) is 0 Å². The quantitative estimate of drug-likeness (QED) is 0.810. The number of rotatable bonds is 7. The summed E-state index contributed by atoms with van der Waals surface area (Å²) in [6.07, 6.45) is 3.61. The van der Waals surface area contributed by atoms with Crippen molar-refractivity contribution >= 4 is 0 Å². The molecule has 3 heteroatoms. The molecule has 0 aliphatic carbocycles. The molecule has 0 aromatic heterocycles. The third kappa shape index (κ3) is 4.29. The van der Waals surface area contributed by atoms with Crippen LogP contribution in [0.1, 0.15) is 38.7 Å². The summed E-state index contributed by atoms with van der Waals surface area (Å²) in [7, 11) is 0. The average Bonchev–Trinajstić information content (AvgIpc) is 2.52. The van der Waals surface area contributed by atoms with Gasteiger partial charge in [-0.15, -0.1) is 0 Å². The number of aliphatic hydroxyl groups is 1. The van der Waals surface area contributed by atoms with Crippen LogP contribution in [0.5, 0.6) is 0 Å². The van der Waals surface area contributed by atoms with E-state index >= 15 is 0 Å². The number of aliphatic hydroxyl groups excluding tert-OH is 1. The lowest BCUT2D eigenvalue weighted by molar-refractivity contribution is 0.117. The van der Waals surface area contributed by atoms with Gasteiger partial charge in [-0.3, -0.25) is 0 Å². The molecule has 2 unspecified atom stereocenters. The third-order valence-electron chi connectivity index (χ3n) is 4.71. The summed E-state index contributed by atoms with van der Waals surface area (Å²) in [5.41, 5.74) is 0.885. The molecule has 1 saturated heterocycles. The highest BCUT2D eigenvalue weighted by atomic mass is 16.3. The van der Waals surface area contributed by atoms with Crippen LogP contribution in [-0.2, 0) is 5.54 Å². The van der Waals surface area contributed by atoms with Crippen LogP contribution in [-0.4, -0.2) is 42.8 Å². The van der Waals surface area contributed by atoms with Crippen molar-refractivity contribution in [2.24, 2.45) is 5.92 Å². The maximum atomic E-state index is 10.1. The number of piperidine rings is 1. The minimum atomic E-state index is -0.309. The first kappa shape index (κ1) is 16.5. The summed E-state index contributed by atoms with van der Waals surface area (Å²) in [6, 6.07) is 10.4. The molecule has 1 aromatic rings. The third-order valence-corrected chi connectivity index (χ3v) is 4.71. The van der Waals surface area contributed by atoms with Crippen LogP contribution < -0.4 is 5.32 Å². The van der Waals surface area contributed by atoms with Crippen molar-refractivity contribution in [2.45, 2.75) is 38.6 Å². The number of benzene rings is 1. The van der Waals surface area contributed by atoms with Gasteiger partial charge in [-0.05, 0) is 43.8 Å². The van der Waals surface area contributed by atoms with Gasteiger partial charge in [-0.1, -0.05) is 44.2 Å². The van der Waals surface area contributed by atoms with E-state index in [9.17, 15) is 5.11 Å². The zero-order valence-electron chi connectivity index (χ0n) is 13.5. The molecule has 0 spiro atoms. The van der Waals surface area contributed by atoms with Crippen LogP contribution in [0.2, 0.25) is 0 Å². The number of nitrogens with zero attached hydrogens (tertiary/aromatic N) is 1. The lowest BCUT2D eigenvalue weighted by Crippen LogP contribution is -2.48. The minimum Gasteiger partial charge on any atom is -0.394 e. The molecule has 118 valence electrons. The van der Waals surface area contributed by atoms with Crippen molar-refractivity contribution in [3.05, 3.63) is 35.9 Å². The summed E-state index contributed by atoms with van der Waals surface area (Å²) < 4.78 is 0. The van der Waals surface area contributed by atoms with Crippen LogP contribution in [0.4, 0.5) is 0 Å². The van der Waals surface area contributed by atoms with E-state index in [1.807, 2.05) is 6.07 Å². The number of hydrogen-bond acceptors (Lipinski definition) is 3. The molecule has 1 heterocycles. The maximum absolute atomic E-state index is 10.1. The molecule has 1 fully saturated rings. The molecule has 1 aromatic carbocycles. The molecule has 2 atom stereocenters. The van der Waals surface area contributed by atoms with E-state index in [-0.39, 0.29) is 12.1 Å². The Morgan fingerprint density at radius 3 is 2.71 bits per heavy atom. The zero-order chi connectivity index (χ0) is 15.1. The topological polar surface area (TPSA) is 35.5 Å². The van der Waals surface area contributed by atoms with Gasteiger partial charge in [0.05, 0.1) is 12.1 Å². The van der Waals surface area contributed by atoms with E-state index < -0.39 is 0 Å². The molecular weight excluding hydrogens is 260 g/mol. The van der Waals surface area contributed by atoms with Gasteiger partial charge in [-0.2, -0.15) is 0 Å². The lowest BCUT2D eigenvalue weighted by Gasteiger charge is -2.37. The first-order valence-corrected chi connectivity index (χ1v) is 8.34. The van der Waals surface area contributed by atoms with Crippen molar-refractivity contribution < 1.29 is 5.11 Å². The van der Waals surface area contributed by atoms with E-state index in [0.29, 0.717) is 0 Å². The van der Waals surface area contributed by atoms with E-state index in [2.05, 4.69) is 48.3 Å². The summed E-state index contributed by atoms with van der Waals surface area (Å²) >= 11 is 0. The van der Waals surface area contributed by atoms with Crippen molar-refractivity contribution in [3.8, 4) is 0 Å². The fourth-order valence-electron chi connectivity index (χ4n) is 3.50. The van der Waals surface area contributed by atoms with Crippen molar-refractivity contribution in [1.82, 2.24) is 10.2 Å². The van der Waals surface area contributed by atoms with Gasteiger partial charge in [0, 0.05) is 13.1 Å². The Kier molecular flexibility index (Phi) is 6.22. The average molecular weight is 290 g/mol. The fraction of sp³-hybridized carbons (Fsp3) is 0.667. The van der Waals surface area contributed by atoms with Crippen LogP contribution in [0.15, 0.2) is 30.3 Å². The largest absolute Gasteiger partial charge is 0.394 e. The van der Waals surface area contributed by atoms with E-state index in [1.165, 1.54) is 31.5 Å². The maximum Gasteiger partial charge on any atom is 0.0681 e. The molecular formula is C18H30N2O. The monoisotopic (exact) mass is 290 g/mol. The molecule has 0 amide bonds. The summed E-state index contributed by atoms with van der Waals surface area (Å²) in [5.74, 6) is 0.804. The van der Waals surface area contributed by atoms with Gasteiger partial charge in [-0.25, -0.2) is 0 Å². The van der Waals surface area contributed by atoms with Crippen LogP contribution in [0.25, 0.3) is 0 Å². The van der Waals surface area contributed by atoms with Gasteiger partial charge >= 0.3 is 0 Å². The standard InChI is InChI=1S/C18H30N2O/c1-3-19-18(15-21,17-9-5-4-6-10-17)11-13-20-12-7-8-16(2)14-20/h4-6,9-10,16,19,21H,3,7-8,11-15H2,1-2H3. The van der Waals surface area contributed by atoms with Crippen LogP contribution in [0, 0.1) is 5.92 Å². The summed E-state index contributed by atoms with van der Waals surface area (Å²) in [6.45, 7) is 8.91. The number of nitrogens with one attached hydrogen (secondary N) is 1. The Morgan fingerprint density at radius 2 is 2.10 bits per heavy atom. The Morgan fingerprint density at radius 1 is 1.33 bits per heavy atom. The molecule has 2 N–H and O–H groups in total. The van der Waals surface area contributed by atoms with Crippen molar-refractivity contribution in [1.29, 1.82) is 0 Å². The second kappa shape index (κ2) is 7.92. The predicted octanol–water partition coefficient (Wildman–Crippen LogP) is 2.61. The highest BCUT2D eigenvalue weighted by Crippen LogP contribution is 2.26. The normalized spacial score (nSPS) is 22.9. The Bertz CT molecular complexity index is 409. The van der Waals surface area contributed by atoms with Crippen LogP contribution in [0.3, 0.4) is 0 Å².